The fourth-order valence-corrected chi connectivity index (χ4v) is 5.62. The molecule has 3 heterocycles. The number of halogens is 4. The molecule has 0 amide bonds. The van der Waals surface area contributed by atoms with Crippen LogP contribution in [0.5, 0.6) is 0 Å². The minimum absolute atomic E-state index is 0.0939. The van der Waals surface area contributed by atoms with Crippen LogP contribution < -0.4 is 10.2 Å². The zero-order chi connectivity index (χ0) is 23.9. The van der Waals surface area contributed by atoms with Gasteiger partial charge in [0.2, 0.25) is 0 Å². The summed E-state index contributed by atoms with van der Waals surface area (Å²) in [5.41, 5.74) is -0.438. The highest BCUT2D eigenvalue weighted by Crippen LogP contribution is 2.32. The normalized spacial score (nSPS) is 22.7. The molecular formula is C21H24Cl2F2N4O3S. The summed E-state index contributed by atoms with van der Waals surface area (Å²) in [6.07, 6.45) is 3.50. The van der Waals surface area contributed by atoms with Crippen LogP contribution in [0.25, 0.3) is 0 Å². The molecule has 0 radical (unpaired) electrons. The fourth-order valence-electron chi connectivity index (χ4n) is 4.48. The van der Waals surface area contributed by atoms with Crippen LogP contribution >= 0.6 is 23.2 Å². The van der Waals surface area contributed by atoms with E-state index in [-0.39, 0.29) is 6.04 Å². The van der Waals surface area contributed by atoms with E-state index in [1.54, 1.807) is 12.3 Å². The largest absolute Gasteiger partial charge is 0.376 e. The maximum absolute atomic E-state index is 14.4. The molecule has 1 aromatic carbocycles. The molecular weight excluding hydrogens is 497 g/mol. The number of nitrogens with zero attached hydrogens (tertiary/aromatic N) is 3. The van der Waals surface area contributed by atoms with Crippen molar-refractivity contribution in [2.75, 3.05) is 36.1 Å². The van der Waals surface area contributed by atoms with Crippen molar-refractivity contribution in [2.45, 2.75) is 42.5 Å². The first-order chi connectivity index (χ1) is 15.5. The first-order valence-electron chi connectivity index (χ1n) is 10.5. The third-order valence-corrected chi connectivity index (χ3v) is 7.77. The van der Waals surface area contributed by atoms with Gasteiger partial charge < -0.3 is 15.3 Å². The Balaban J connectivity index is 1.39. The highest BCUT2D eigenvalue weighted by atomic mass is 35.5. The summed E-state index contributed by atoms with van der Waals surface area (Å²) in [6, 6.07) is 2.72. The molecule has 12 heteroatoms. The molecule has 7 nitrogen and oxygen atoms in total. The lowest BCUT2D eigenvalue weighted by Crippen LogP contribution is -2.49. The third kappa shape index (κ3) is 5.19. The predicted molar refractivity (Wildman–Crippen MR) is 124 cm³/mol. The van der Waals surface area contributed by atoms with Gasteiger partial charge >= 0.3 is 0 Å². The molecule has 0 spiro atoms. The summed E-state index contributed by atoms with van der Waals surface area (Å²) < 4.78 is 52.1. The predicted octanol–water partition coefficient (Wildman–Crippen LogP) is 3.54. The SMILES string of the molecule is CS(=O)(=O)c1cc(F)c(N[C@H]2CCN(C3CCN(c4ncc(Cl)cc4Cl)CC3)C2O)c(F)c1. The number of anilines is 2. The Labute approximate surface area is 201 Å². The molecule has 4 rings (SSSR count). The number of piperidine rings is 1. The number of aliphatic hydroxyl groups is 1. The van der Waals surface area contributed by atoms with Gasteiger partial charge in [0.15, 0.2) is 21.5 Å². The molecule has 2 aliphatic rings. The third-order valence-electron chi connectivity index (χ3n) is 6.19. The van der Waals surface area contributed by atoms with Crippen molar-refractivity contribution in [1.82, 2.24) is 9.88 Å². The van der Waals surface area contributed by atoms with Gasteiger partial charge in [-0.15, -0.1) is 0 Å². The molecule has 2 atom stereocenters. The zero-order valence-corrected chi connectivity index (χ0v) is 20.1. The molecule has 0 saturated carbocycles. The number of likely N-dealkylation sites (tertiary alicyclic amines) is 1. The van der Waals surface area contributed by atoms with Crippen molar-refractivity contribution in [1.29, 1.82) is 0 Å². The summed E-state index contributed by atoms with van der Waals surface area (Å²) in [5.74, 6) is -1.35. The lowest BCUT2D eigenvalue weighted by molar-refractivity contribution is -0.00337. The highest BCUT2D eigenvalue weighted by molar-refractivity contribution is 7.90. The van der Waals surface area contributed by atoms with Gasteiger partial charge in [-0.3, -0.25) is 4.90 Å². The number of sulfone groups is 1. The summed E-state index contributed by atoms with van der Waals surface area (Å²) in [7, 11) is -3.74. The summed E-state index contributed by atoms with van der Waals surface area (Å²) in [6.45, 7) is 1.95. The van der Waals surface area contributed by atoms with E-state index in [4.69, 9.17) is 23.2 Å². The summed E-state index contributed by atoms with van der Waals surface area (Å²) in [5, 5.41) is 14.5. The van der Waals surface area contributed by atoms with Gasteiger partial charge in [-0.25, -0.2) is 22.2 Å². The number of nitrogens with one attached hydrogen (secondary N) is 1. The van der Waals surface area contributed by atoms with Gasteiger partial charge in [-0.2, -0.15) is 0 Å². The Morgan fingerprint density at radius 2 is 1.73 bits per heavy atom. The van der Waals surface area contributed by atoms with E-state index in [0.29, 0.717) is 41.9 Å². The lowest BCUT2D eigenvalue weighted by Gasteiger charge is -2.39. The van der Waals surface area contributed by atoms with Crippen molar-refractivity contribution in [3.8, 4) is 0 Å². The quantitative estimate of drug-likeness (QED) is 0.623. The van der Waals surface area contributed by atoms with E-state index in [1.807, 2.05) is 4.90 Å². The second kappa shape index (κ2) is 9.50. The van der Waals surface area contributed by atoms with Gasteiger partial charge in [0.05, 0.1) is 21.0 Å². The van der Waals surface area contributed by atoms with Gasteiger partial charge in [0.25, 0.3) is 0 Å². The number of rotatable bonds is 5. The van der Waals surface area contributed by atoms with Crippen molar-refractivity contribution in [3.05, 3.63) is 46.1 Å². The van der Waals surface area contributed by atoms with Crippen LogP contribution in [0.1, 0.15) is 19.3 Å². The van der Waals surface area contributed by atoms with E-state index < -0.39 is 44.3 Å². The fraction of sp³-hybridized carbons (Fsp3) is 0.476. The van der Waals surface area contributed by atoms with Gasteiger partial charge in [0, 0.05) is 38.1 Å². The van der Waals surface area contributed by atoms with Crippen molar-refractivity contribution in [3.63, 3.8) is 0 Å². The minimum Gasteiger partial charge on any atom is -0.376 e. The molecule has 1 unspecified atom stereocenters. The number of hydrogen-bond donors (Lipinski definition) is 2. The number of hydrogen-bond acceptors (Lipinski definition) is 7. The highest BCUT2D eigenvalue weighted by Gasteiger charge is 2.39. The number of aromatic nitrogens is 1. The Morgan fingerprint density at radius 3 is 2.30 bits per heavy atom. The first kappa shape index (κ1) is 24.4. The van der Waals surface area contributed by atoms with Crippen LogP contribution in [0.15, 0.2) is 29.3 Å². The Kier molecular flexibility index (Phi) is 7.02. The van der Waals surface area contributed by atoms with Crippen molar-refractivity contribution >= 4 is 44.5 Å². The average Bonchev–Trinajstić information content (AvgIpc) is 3.10. The van der Waals surface area contributed by atoms with Crippen LogP contribution in [0.4, 0.5) is 20.3 Å². The molecule has 1 aromatic heterocycles. The van der Waals surface area contributed by atoms with Gasteiger partial charge in [0.1, 0.15) is 17.7 Å². The Morgan fingerprint density at radius 1 is 1.09 bits per heavy atom. The van der Waals surface area contributed by atoms with E-state index in [9.17, 15) is 22.3 Å². The molecule has 2 aliphatic heterocycles. The Bertz CT molecular complexity index is 1120. The maximum atomic E-state index is 14.4. The van der Waals surface area contributed by atoms with Gasteiger partial charge in [-0.05, 0) is 37.5 Å². The van der Waals surface area contributed by atoms with Crippen LogP contribution in [0, 0.1) is 11.6 Å². The molecule has 2 aromatic rings. The van der Waals surface area contributed by atoms with Crippen LogP contribution in [-0.4, -0.2) is 67.6 Å². The smallest absolute Gasteiger partial charge is 0.175 e. The standard InChI is InChI=1S/C21H24Cl2F2N4O3S/c1-33(31,32)14-9-16(24)19(17(25)10-14)27-18-4-7-29(21(18)30)13-2-5-28(6-3-13)20-15(23)8-12(22)11-26-20/h8-11,13,18,21,27,30H,2-7H2,1H3/t18-,21?/m0/s1. The average molecular weight is 521 g/mol. The molecule has 0 aliphatic carbocycles. The summed E-state index contributed by atoms with van der Waals surface area (Å²) in [4.78, 5) is 7.89. The van der Waals surface area contributed by atoms with E-state index in [2.05, 4.69) is 15.2 Å². The summed E-state index contributed by atoms with van der Waals surface area (Å²) >= 11 is 12.2. The van der Waals surface area contributed by atoms with Crippen LogP contribution in [0.2, 0.25) is 10.0 Å². The molecule has 2 saturated heterocycles. The molecule has 180 valence electrons. The topological polar surface area (TPSA) is 85.8 Å². The molecule has 0 bridgehead atoms. The van der Waals surface area contributed by atoms with Crippen LogP contribution in [0.3, 0.4) is 0 Å². The van der Waals surface area contributed by atoms with Crippen molar-refractivity contribution < 1.29 is 22.3 Å². The number of pyridine rings is 1. The van der Waals surface area contributed by atoms with Gasteiger partial charge in [-0.1, -0.05) is 23.2 Å². The van der Waals surface area contributed by atoms with Crippen molar-refractivity contribution in [2.24, 2.45) is 0 Å². The second-order valence-electron chi connectivity index (χ2n) is 8.40. The molecule has 2 N–H and O–H groups in total. The molecule has 2 fully saturated rings. The lowest BCUT2D eigenvalue weighted by atomic mass is 10.0. The zero-order valence-electron chi connectivity index (χ0n) is 17.8. The van der Waals surface area contributed by atoms with E-state index >= 15 is 0 Å². The van der Waals surface area contributed by atoms with E-state index in [1.165, 1.54) is 0 Å². The van der Waals surface area contributed by atoms with Crippen LogP contribution in [-0.2, 0) is 9.84 Å². The second-order valence-corrected chi connectivity index (χ2v) is 11.3. The number of aliphatic hydroxyl groups excluding tert-OH is 1. The molecule has 33 heavy (non-hydrogen) atoms. The maximum Gasteiger partial charge on any atom is 0.175 e. The monoisotopic (exact) mass is 520 g/mol. The van der Waals surface area contributed by atoms with E-state index in [0.717, 1.165) is 31.2 Å². The first-order valence-corrected chi connectivity index (χ1v) is 13.1. The number of benzene rings is 1. The Hall–Kier alpha value is -1.72. The minimum atomic E-state index is -3.74.